The quantitative estimate of drug-likeness (QED) is 0.525. The zero-order valence-electron chi connectivity index (χ0n) is 15.5. The first-order valence-corrected chi connectivity index (χ1v) is 9.64. The van der Waals surface area contributed by atoms with Crippen LogP contribution in [0.2, 0.25) is 0 Å². The van der Waals surface area contributed by atoms with E-state index in [1.165, 1.54) is 23.2 Å². The van der Waals surface area contributed by atoms with Crippen LogP contribution in [0.15, 0.2) is 40.9 Å². The summed E-state index contributed by atoms with van der Waals surface area (Å²) in [6.07, 6.45) is 4.78. The SMILES string of the molecule is Cc1ccc(SOCCC2CC3CC2=CN3C(=O)OC(C)(C)C)cc1. The number of rotatable bonds is 5. The van der Waals surface area contributed by atoms with Crippen molar-refractivity contribution in [3.8, 4) is 0 Å². The Bertz CT molecular complexity index is 648. The second-order valence-corrected chi connectivity index (χ2v) is 8.76. The second-order valence-electron chi connectivity index (χ2n) is 7.89. The lowest BCUT2D eigenvalue weighted by Gasteiger charge is -2.29. The predicted octanol–water partition coefficient (Wildman–Crippen LogP) is 5.32. The lowest BCUT2D eigenvalue weighted by atomic mass is 9.98. The molecule has 1 aromatic carbocycles. The molecule has 136 valence electrons. The minimum absolute atomic E-state index is 0.225. The Morgan fingerprint density at radius 1 is 1.28 bits per heavy atom. The number of carbonyl (C=O) groups is 1. The third-order valence-corrected chi connectivity index (χ3v) is 5.33. The summed E-state index contributed by atoms with van der Waals surface area (Å²) in [5, 5.41) is 0. The normalized spacial score (nSPS) is 22.2. The van der Waals surface area contributed by atoms with E-state index in [4.69, 9.17) is 8.92 Å². The molecule has 1 aliphatic heterocycles. The van der Waals surface area contributed by atoms with E-state index in [0.717, 1.165) is 30.8 Å². The number of ether oxygens (including phenoxy) is 1. The number of hydrogen-bond acceptors (Lipinski definition) is 4. The number of amides is 1. The lowest BCUT2D eigenvalue weighted by molar-refractivity contribution is 0.0275. The first-order valence-electron chi connectivity index (χ1n) is 8.90. The van der Waals surface area contributed by atoms with E-state index in [1.807, 2.05) is 27.0 Å². The number of benzene rings is 1. The summed E-state index contributed by atoms with van der Waals surface area (Å²) in [5.41, 5.74) is 2.17. The molecule has 0 radical (unpaired) electrons. The third kappa shape index (κ3) is 4.79. The van der Waals surface area contributed by atoms with Crippen molar-refractivity contribution < 1.29 is 13.7 Å². The molecule has 0 saturated heterocycles. The van der Waals surface area contributed by atoms with Gasteiger partial charge in [-0.1, -0.05) is 17.7 Å². The van der Waals surface area contributed by atoms with Crippen LogP contribution >= 0.6 is 12.0 Å². The first kappa shape index (κ1) is 18.3. The molecular weight excluding hydrogens is 334 g/mol. The maximum absolute atomic E-state index is 12.2. The summed E-state index contributed by atoms with van der Waals surface area (Å²) in [6.45, 7) is 8.51. The Morgan fingerprint density at radius 2 is 2.00 bits per heavy atom. The molecule has 1 amide bonds. The van der Waals surface area contributed by atoms with Gasteiger partial charge >= 0.3 is 6.09 Å². The van der Waals surface area contributed by atoms with Gasteiger partial charge in [0.2, 0.25) is 0 Å². The fraction of sp³-hybridized carbons (Fsp3) is 0.550. The van der Waals surface area contributed by atoms with Crippen LogP contribution < -0.4 is 0 Å². The smallest absolute Gasteiger partial charge is 0.414 e. The van der Waals surface area contributed by atoms with E-state index in [1.54, 1.807) is 4.90 Å². The van der Waals surface area contributed by atoms with Crippen molar-refractivity contribution in [3.63, 3.8) is 0 Å². The zero-order valence-corrected chi connectivity index (χ0v) is 16.3. The monoisotopic (exact) mass is 361 g/mol. The van der Waals surface area contributed by atoms with Crippen molar-refractivity contribution in [3.05, 3.63) is 41.6 Å². The van der Waals surface area contributed by atoms with Crippen molar-refractivity contribution in [2.24, 2.45) is 5.92 Å². The lowest BCUT2D eigenvalue weighted by Crippen LogP contribution is -2.38. The number of hydrogen-bond donors (Lipinski definition) is 0. The maximum Gasteiger partial charge on any atom is 0.414 e. The van der Waals surface area contributed by atoms with Crippen LogP contribution in [0.3, 0.4) is 0 Å². The van der Waals surface area contributed by atoms with Crippen LogP contribution in [0.4, 0.5) is 4.79 Å². The fourth-order valence-corrected chi connectivity index (χ4v) is 3.93. The average Bonchev–Trinajstić information content (AvgIpc) is 3.12. The molecule has 1 saturated carbocycles. The van der Waals surface area contributed by atoms with Crippen molar-refractivity contribution in [1.29, 1.82) is 0 Å². The van der Waals surface area contributed by atoms with Gasteiger partial charge in [0.05, 0.1) is 6.61 Å². The standard InChI is InChI=1S/C20H27NO3S/c1-14-5-7-18(8-6-14)25-23-10-9-15-11-17-12-16(15)13-21(17)19(22)24-20(2,3)4/h5-8,13,15,17H,9-12H2,1-4H3. The van der Waals surface area contributed by atoms with Crippen LogP contribution in [0, 0.1) is 12.8 Å². The molecule has 4 nitrogen and oxygen atoms in total. The molecule has 5 heteroatoms. The molecule has 0 aromatic heterocycles. The number of nitrogens with zero attached hydrogens (tertiary/aromatic N) is 1. The Balaban J connectivity index is 1.43. The molecule has 3 rings (SSSR count). The summed E-state index contributed by atoms with van der Waals surface area (Å²) < 4.78 is 11.2. The van der Waals surface area contributed by atoms with Gasteiger partial charge in [0.1, 0.15) is 5.60 Å². The van der Waals surface area contributed by atoms with E-state index >= 15 is 0 Å². The Morgan fingerprint density at radius 3 is 2.60 bits per heavy atom. The van der Waals surface area contributed by atoms with Crippen molar-refractivity contribution in [1.82, 2.24) is 4.90 Å². The van der Waals surface area contributed by atoms with Crippen LogP contribution in [0.1, 0.15) is 45.6 Å². The van der Waals surface area contributed by atoms with Crippen LogP contribution in [-0.4, -0.2) is 29.2 Å². The molecule has 1 aliphatic carbocycles. The molecule has 0 N–H and O–H groups in total. The molecule has 2 unspecified atom stereocenters. The Kier molecular flexibility index (Phi) is 5.44. The van der Waals surface area contributed by atoms with Crippen LogP contribution in [0.5, 0.6) is 0 Å². The predicted molar refractivity (Wildman–Crippen MR) is 100 cm³/mol. The summed E-state index contributed by atoms with van der Waals surface area (Å²) in [5.74, 6) is 0.530. The third-order valence-electron chi connectivity index (χ3n) is 4.58. The van der Waals surface area contributed by atoms with Gasteiger partial charge in [-0.2, -0.15) is 0 Å². The highest BCUT2D eigenvalue weighted by molar-refractivity contribution is 7.94. The molecule has 1 fully saturated rings. The molecule has 1 heterocycles. The van der Waals surface area contributed by atoms with Gasteiger partial charge in [0, 0.05) is 29.2 Å². The molecular formula is C20H27NO3S. The highest BCUT2D eigenvalue weighted by Gasteiger charge is 2.41. The summed E-state index contributed by atoms with van der Waals surface area (Å²) in [4.78, 5) is 15.1. The first-order chi connectivity index (χ1) is 11.8. The maximum atomic E-state index is 12.2. The van der Waals surface area contributed by atoms with Gasteiger partial charge in [-0.3, -0.25) is 4.90 Å². The van der Waals surface area contributed by atoms with Gasteiger partial charge in [-0.25, -0.2) is 4.79 Å². The van der Waals surface area contributed by atoms with Crippen molar-refractivity contribution in [2.75, 3.05) is 6.61 Å². The summed E-state index contributed by atoms with van der Waals surface area (Å²) in [7, 11) is 0. The molecule has 0 spiro atoms. The van der Waals surface area contributed by atoms with Crippen LogP contribution in [-0.2, 0) is 8.92 Å². The summed E-state index contributed by atoms with van der Waals surface area (Å²) >= 11 is 1.44. The number of aryl methyl sites for hydroxylation is 1. The Hall–Kier alpha value is -1.46. The topological polar surface area (TPSA) is 38.8 Å². The van der Waals surface area contributed by atoms with Gasteiger partial charge in [0.25, 0.3) is 0 Å². The van der Waals surface area contributed by atoms with Crippen LogP contribution in [0.25, 0.3) is 0 Å². The van der Waals surface area contributed by atoms with E-state index in [2.05, 4.69) is 31.2 Å². The molecule has 2 atom stereocenters. The highest BCUT2D eigenvalue weighted by Crippen LogP contribution is 2.43. The highest BCUT2D eigenvalue weighted by atomic mass is 32.2. The van der Waals surface area contributed by atoms with Gasteiger partial charge < -0.3 is 8.92 Å². The molecule has 2 bridgehead atoms. The minimum atomic E-state index is -0.447. The number of fused-ring (bicyclic) bond motifs is 2. The molecule has 2 aliphatic rings. The van der Waals surface area contributed by atoms with Gasteiger partial charge in [-0.15, -0.1) is 0 Å². The van der Waals surface area contributed by atoms with Crippen molar-refractivity contribution in [2.45, 2.75) is 63.5 Å². The largest absolute Gasteiger partial charge is 0.443 e. The van der Waals surface area contributed by atoms with E-state index in [9.17, 15) is 4.79 Å². The summed E-state index contributed by atoms with van der Waals surface area (Å²) in [6, 6.07) is 8.62. The fourth-order valence-electron chi connectivity index (χ4n) is 3.37. The Labute approximate surface area is 154 Å². The zero-order chi connectivity index (χ0) is 18.0. The second kappa shape index (κ2) is 7.42. The minimum Gasteiger partial charge on any atom is -0.443 e. The van der Waals surface area contributed by atoms with Gasteiger partial charge in [-0.05, 0) is 70.6 Å². The average molecular weight is 362 g/mol. The van der Waals surface area contributed by atoms with E-state index in [0.29, 0.717) is 5.92 Å². The van der Waals surface area contributed by atoms with E-state index < -0.39 is 5.60 Å². The molecule has 1 aromatic rings. The number of carbonyl (C=O) groups excluding carboxylic acids is 1. The van der Waals surface area contributed by atoms with E-state index in [-0.39, 0.29) is 12.1 Å². The van der Waals surface area contributed by atoms with Gasteiger partial charge in [0.15, 0.2) is 0 Å². The molecule has 25 heavy (non-hydrogen) atoms. The van der Waals surface area contributed by atoms with Crippen molar-refractivity contribution >= 4 is 18.1 Å².